The zero-order valence-electron chi connectivity index (χ0n) is 9.60. The lowest BCUT2D eigenvalue weighted by Crippen LogP contribution is -2.53. The molecule has 17 heavy (non-hydrogen) atoms. The van der Waals surface area contributed by atoms with Crippen molar-refractivity contribution in [3.63, 3.8) is 0 Å². The number of ether oxygens (including phenoxy) is 1. The van der Waals surface area contributed by atoms with Gasteiger partial charge < -0.3 is 9.84 Å². The van der Waals surface area contributed by atoms with Crippen molar-refractivity contribution in [2.75, 3.05) is 6.61 Å². The van der Waals surface area contributed by atoms with Gasteiger partial charge in [0, 0.05) is 5.92 Å². The Morgan fingerprint density at radius 2 is 2.12 bits per heavy atom. The molecule has 1 N–H and O–H groups in total. The minimum Gasteiger partial charge on any atom is -0.464 e. The summed E-state index contributed by atoms with van der Waals surface area (Å²) in [6, 6.07) is 9.90. The second kappa shape index (κ2) is 4.78. The van der Waals surface area contributed by atoms with E-state index in [1.807, 2.05) is 30.3 Å². The number of carbonyl (C=O) groups excluding carboxylic acids is 1. The maximum atomic E-state index is 11.5. The Bertz CT molecular complexity index is 402. The van der Waals surface area contributed by atoms with Crippen LogP contribution >= 0.6 is 15.9 Å². The fraction of sp³-hybridized carbons (Fsp3) is 0.462. The molecule has 1 saturated heterocycles. The van der Waals surface area contributed by atoms with Crippen LogP contribution in [0.1, 0.15) is 12.5 Å². The Kier molecular flexibility index (Phi) is 3.54. The van der Waals surface area contributed by atoms with Crippen LogP contribution in [0.5, 0.6) is 0 Å². The van der Waals surface area contributed by atoms with Crippen molar-refractivity contribution >= 4 is 21.9 Å². The fourth-order valence-corrected chi connectivity index (χ4v) is 2.55. The van der Waals surface area contributed by atoms with Gasteiger partial charge in [0.25, 0.3) is 0 Å². The third-order valence-electron chi connectivity index (χ3n) is 3.17. The molecule has 1 heterocycles. The molecule has 1 fully saturated rings. The van der Waals surface area contributed by atoms with Crippen molar-refractivity contribution < 1.29 is 14.6 Å². The largest absolute Gasteiger partial charge is 0.464 e. The van der Waals surface area contributed by atoms with E-state index in [0.717, 1.165) is 5.56 Å². The molecule has 0 unspecified atom stereocenters. The molecule has 0 aliphatic carbocycles. The highest BCUT2D eigenvalue weighted by molar-refractivity contribution is 9.10. The van der Waals surface area contributed by atoms with E-state index in [-0.39, 0.29) is 12.5 Å². The highest BCUT2D eigenvalue weighted by Gasteiger charge is 2.47. The number of benzene rings is 1. The van der Waals surface area contributed by atoms with Gasteiger partial charge in [-0.3, -0.25) is 4.79 Å². The Labute approximate surface area is 109 Å². The Morgan fingerprint density at radius 3 is 2.76 bits per heavy atom. The average Bonchev–Trinajstić information content (AvgIpc) is 2.32. The Morgan fingerprint density at radius 1 is 1.47 bits per heavy atom. The third-order valence-corrected chi connectivity index (χ3v) is 3.96. The SMILES string of the molecule is C[C@]1(Br)C(=O)OC[C@H](Cc2ccccc2)[C@@H]1O. The van der Waals surface area contributed by atoms with Crippen LogP contribution in [0.25, 0.3) is 0 Å². The number of cyclic esters (lactones) is 1. The van der Waals surface area contributed by atoms with Crippen molar-refractivity contribution in [3.8, 4) is 0 Å². The summed E-state index contributed by atoms with van der Waals surface area (Å²) < 4.78 is 4.11. The van der Waals surface area contributed by atoms with E-state index in [1.165, 1.54) is 0 Å². The van der Waals surface area contributed by atoms with E-state index in [2.05, 4.69) is 15.9 Å². The Balaban J connectivity index is 2.10. The number of aliphatic hydroxyl groups excluding tert-OH is 1. The van der Waals surface area contributed by atoms with Gasteiger partial charge >= 0.3 is 5.97 Å². The molecule has 3 nitrogen and oxygen atoms in total. The minimum atomic E-state index is -0.995. The number of halogens is 1. The molecular weight excluding hydrogens is 284 g/mol. The third kappa shape index (κ3) is 2.53. The highest BCUT2D eigenvalue weighted by Crippen LogP contribution is 2.34. The molecule has 1 aromatic rings. The topological polar surface area (TPSA) is 46.5 Å². The molecule has 4 heteroatoms. The molecule has 0 radical (unpaired) electrons. The number of alkyl halides is 1. The summed E-state index contributed by atoms with van der Waals surface area (Å²) in [4.78, 5) is 11.5. The molecule has 3 atom stereocenters. The molecule has 1 aliphatic heterocycles. The van der Waals surface area contributed by atoms with Gasteiger partial charge in [0.2, 0.25) is 0 Å². The van der Waals surface area contributed by atoms with Gasteiger partial charge in [0.15, 0.2) is 0 Å². The predicted molar refractivity (Wildman–Crippen MR) is 67.9 cm³/mol. The van der Waals surface area contributed by atoms with E-state index in [0.29, 0.717) is 6.42 Å². The van der Waals surface area contributed by atoms with Gasteiger partial charge in [-0.2, -0.15) is 0 Å². The molecule has 0 spiro atoms. The first-order valence-corrected chi connectivity index (χ1v) is 6.39. The molecule has 1 aromatic carbocycles. The van der Waals surface area contributed by atoms with Crippen LogP contribution in [-0.4, -0.2) is 28.1 Å². The predicted octanol–water partition coefficient (Wildman–Crippen LogP) is 1.92. The Hall–Kier alpha value is -0.870. The van der Waals surface area contributed by atoms with E-state index >= 15 is 0 Å². The summed E-state index contributed by atoms with van der Waals surface area (Å²) in [6.07, 6.45) is -0.0276. The van der Waals surface area contributed by atoms with E-state index in [4.69, 9.17) is 4.74 Å². The van der Waals surface area contributed by atoms with Gasteiger partial charge in [0.1, 0.15) is 4.32 Å². The number of hydrogen-bond acceptors (Lipinski definition) is 3. The smallest absolute Gasteiger partial charge is 0.325 e. The van der Waals surface area contributed by atoms with Crippen LogP contribution in [0.3, 0.4) is 0 Å². The molecule has 0 bridgehead atoms. The van der Waals surface area contributed by atoms with Gasteiger partial charge in [-0.1, -0.05) is 46.3 Å². The fourth-order valence-electron chi connectivity index (χ4n) is 2.07. The molecule has 2 rings (SSSR count). The molecule has 92 valence electrons. The van der Waals surface area contributed by atoms with Crippen molar-refractivity contribution in [3.05, 3.63) is 35.9 Å². The number of carbonyl (C=O) groups is 1. The maximum Gasteiger partial charge on any atom is 0.325 e. The maximum absolute atomic E-state index is 11.5. The van der Waals surface area contributed by atoms with Crippen molar-refractivity contribution in [1.29, 1.82) is 0 Å². The highest BCUT2D eigenvalue weighted by atomic mass is 79.9. The summed E-state index contributed by atoms with van der Waals surface area (Å²) in [5.41, 5.74) is 1.14. The average molecular weight is 299 g/mol. The molecule has 1 aliphatic rings. The standard InChI is InChI=1S/C13H15BrO3/c1-13(14)11(15)10(8-17-12(13)16)7-9-5-3-2-4-6-9/h2-6,10-11,15H,7-8H2,1H3/t10-,11-,13+/m0/s1. The zero-order valence-corrected chi connectivity index (χ0v) is 11.2. The van der Waals surface area contributed by atoms with Crippen molar-refractivity contribution in [2.45, 2.75) is 23.8 Å². The quantitative estimate of drug-likeness (QED) is 0.670. The number of aliphatic hydroxyl groups is 1. The van der Waals surface area contributed by atoms with E-state index in [9.17, 15) is 9.90 Å². The van der Waals surface area contributed by atoms with Crippen LogP contribution in [0.4, 0.5) is 0 Å². The van der Waals surface area contributed by atoms with Crippen LogP contribution in [0, 0.1) is 5.92 Å². The molecule has 0 aromatic heterocycles. The van der Waals surface area contributed by atoms with Crippen LogP contribution < -0.4 is 0 Å². The van der Waals surface area contributed by atoms with Crippen LogP contribution in [0.15, 0.2) is 30.3 Å². The van der Waals surface area contributed by atoms with Gasteiger partial charge in [-0.25, -0.2) is 0 Å². The summed E-state index contributed by atoms with van der Waals surface area (Å²) in [7, 11) is 0. The number of rotatable bonds is 2. The van der Waals surface area contributed by atoms with Gasteiger partial charge in [-0.05, 0) is 18.9 Å². The minimum absolute atomic E-state index is 0.0699. The van der Waals surface area contributed by atoms with Crippen molar-refractivity contribution in [2.24, 2.45) is 5.92 Å². The summed E-state index contributed by atoms with van der Waals surface area (Å²) in [6.45, 7) is 1.92. The van der Waals surface area contributed by atoms with Gasteiger partial charge in [0.05, 0.1) is 12.7 Å². The zero-order chi connectivity index (χ0) is 12.5. The van der Waals surface area contributed by atoms with Crippen LogP contribution in [0.2, 0.25) is 0 Å². The lowest BCUT2D eigenvalue weighted by Gasteiger charge is -2.37. The number of esters is 1. The monoisotopic (exact) mass is 298 g/mol. The summed E-state index contributed by atoms with van der Waals surface area (Å²) >= 11 is 3.25. The van der Waals surface area contributed by atoms with E-state index < -0.39 is 16.4 Å². The van der Waals surface area contributed by atoms with Crippen molar-refractivity contribution in [1.82, 2.24) is 0 Å². The normalized spacial score (nSPS) is 33.2. The summed E-state index contributed by atoms with van der Waals surface area (Å²) in [5.74, 6) is -0.464. The first-order chi connectivity index (χ1) is 8.01. The number of hydrogen-bond donors (Lipinski definition) is 1. The lowest BCUT2D eigenvalue weighted by molar-refractivity contribution is -0.161. The first kappa shape index (κ1) is 12.6. The molecule has 0 amide bonds. The van der Waals surface area contributed by atoms with E-state index in [1.54, 1.807) is 6.92 Å². The lowest BCUT2D eigenvalue weighted by atomic mass is 9.85. The molecular formula is C13H15BrO3. The summed E-state index contributed by atoms with van der Waals surface area (Å²) in [5, 5.41) is 10.2. The second-order valence-electron chi connectivity index (χ2n) is 4.57. The molecule has 0 saturated carbocycles. The second-order valence-corrected chi connectivity index (χ2v) is 6.22. The van der Waals surface area contributed by atoms with Crippen LogP contribution in [-0.2, 0) is 16.0 Å². The first-order valence-electron chi connectivity index (χ1n) is 5.60. The van der Waals surface area contributed by atoms with Gasteiger partial charge in [-0.15, -0.1) is 0 Å².